The van der Waals surface area contributed by atoms with E-state index in [1.807, 2.05) is 18.5 Å². The van der Waals surface area contributed by atoms with Crippen molar-refractivity contribution in [3.8, 4) is 0 Å². The summed E-state index contributed by atoms with van der Waals surface area (Å²) in [5.74, 6) is 0.414. The van der Waals surface area contributed by atoms with Crippen LogP contribution in [0.1, 0.15) is 25.8 Å². The third-order valence-corrected chi connectivity index (χ3v) is 2.96. The Kier molecular flexibility index (Phi) is 2.10. The van der Waals surface area contributed by atoms with Gasteiger partial charge in [0.15, 0.2) is 0 Å². The van der Waals surface area contributed by atoms with Crippen molar-refractivity contribution in [1.29, 1.82) is 0 Å². The van der Waals surface area contributed by atoms with Crippen LogP contribution in [0, 0.1) is 11.3 Å². The first-order valence-electron chi connectivity index (χ1n) is 4.99. The quantitative estimate of drug-likeness (QED) is 0.752. The van der Waals surface area contributed by atoms with Crippen LogP contribution in [0.25, 0.3) is 0 Å². The van der Waals surface area contributed by atoms with Gasteiger partial charge in [-0.3, -0.25) is 4.79 Å². The number of H-pyrrole nitrogens is 1. The van der Waals surface area contributed by atoms with Crippen molar-refractivity contribution < 1.29 is 4.79 Å². The second kappa shape index (κ2) is 3.15. The molecule has 0 saturated heterocycles. The molecule has 1 aromatic rings. The van der Waals surface area contributed by atoms with Crippen molar-refractivity contribution in [2.45, 2.75) is 26.8 Å². The molecule has 2 rings (SSSR count). The summed E-state index contributed by atoms with van der Waals surface area (Å²) in [5, 5.41) is 2.94. The van der Waals surface area contributed by atoms with Crippen LogP contribution in [0.4, 0.5) is 0 Å². The normalized spacial score (nSPS) is 23.1. The Bertz CT molecular complexity index is 327. The van der Waals surface area contributed by atoms with Crippen molar-refractivity contribution in [2.75, 3.05) is 0 Å². The minimum atomic E-state index is 0.191. The Hall–Kier alpha value is -1.25. The molecule has 0 aliphatic heterocycles. The lowest BCUT2D eigenvalue weighted by Gasteiger charge is -2.04. The van der Waals surface area contributed by atoms with Gasteiger partial charge >= 0.3 is 0 Å². The fraction of sp³-hybridized carbons (Fsp3) is 0.545. The van der Waals surface area contributed by atoms with Crippen molar-refractivity contribution in [1.82, 2.24) is 10.3 Å². The fourth-order valence-corrected chi connectivity index (χ4v) is 1.70. The molecular weight excluding hydrogens is 176 g/mol. The Labute approximate surface area is 83.9 Å². The maximum Gasteiger partial charge on any atom is 0.223 e. The molecule has 1 fully saturated rings. The van der Waals surface area contributed by atoms with E-state index in [9.17, 15) is 4.79 Å². The van der Waals surface area contributed by atoms with Crippen LogP contribution in [0.5, 0.6) is 0 Å². The standard InChI is InChI=1S/C11H16N2O/c1-11(2)5-9(11)10(14)13-7-8-3-4-12-6-8/h3-4,6,9,12H,5,7H2,1-2H3,(H,13,14). The Morgan fingerprint density at radius 1 is 1.71 bits per heavy atom. The zero-order valence-electron chi connectivity index (χ0n) is 8.63. The number of amides is 1. The topological polar surface area (TPSA) is 44.9 Å². The van der Waals surface area contributed by atoms with Crippen molar-refractivity contribution in [3.63, 3.8) is 0 Å². The van der Waals surface area contributed by atoms with Gasteiger partial charge in [-0.05, 0) is 23.5 Å². The average molecular weight is 192 g/mol. The summed E-state index contributed by atoms with van der Waals surface area (Å²) in [7, 11) is 0. The second-order valence-corrected chi connectivity index (χ2v) is 4.68. The van der Waals surface area contributed by atoms with Crippen LogP contribution in [0.3, 0.4) is 0 Å². The monoisotopic (exact) mass is 192 g/mol. The highest BCUT2D eigenvalue weighted by atomic mass is 16.2. The van der Waals surface area contributed by atoms with Gasteiger partial charge in [-0.15, -0.1) is 0 Å². The van der Waals surface area contributed by atoms with Gasteiger partial charge in [-0.1, -0.05) is 13.8 Å². The van der Waals surface area contributed by atoms with Crippen LogP contribution in [-0.2, 0) is 11.3 Å². The number of hydrogen-bond donors (Lipinski definition) is 2. The van der Waals surface area contributed by atoms with E-state index in [4.69, 9.17) is 0 Å². The molecule has 0 bridgehead atoms. The number of carbonyl (C=O) groups excluding carboxylic acids is 1. The van der Waals surface area contributed by atoms with Gasteiger partial charge in [0.1, 0.15) is 0 Å². The molecule has 1 heterocycles. The lowest BCUT2D eigenvalue weighted by Crippen LogP contribution is -2.25. The van der Waals surface area contributed by atoms with E-state index in [0.717, 1.165) is 12.0 Å². The zero-order valence-corrected chi connectivity index (χ0v) is 8.63. The highest BCUT2D eigenvalue weighted by Crippen LogP contribution is 2.51. The molecule has 0 aromatic carbocycles. The number of aromatic amines is 1. The second-order valence-electron chi connectivity index (χ2n) is 4.68. The molecule has 2 N–H and O–H groups in total. The molecule has 1 saturated carbocycles. The molecule has 0 radical (unpaired) electrons. The molecule has 1 unspecified atom stereocenters. The maximum absolute atomic E-state index is 11.6. The molecule has 1 amide bonds. The van der Waals surface area contributed by atoms with E-state index in [0.29, 0.717) is 6.54 Å². The Morgan fingerprint density at radius 3 is 2.93 bits per heavy atom. The molecule has 76 valence electrons. The van der Waals surface area contributed by atoms with E-state index < -0.39 is 0 Å². The molecule has 1 atom stereocenters. The molecule has 14 heavy (non-hydrogen) atoms. The molecular formula is C11H16N2O. The van der Waals surface area contributed by atoms with Gasteiger partial charge in [0.25, 0.3) is 0 Å². The lowest BCUT2D eigenvalue weighted by molar-refractivity contribution is -0.123. The van der Waals surface area contributed by atoms with Gasteiger partial charge in [0.05, 0.1) is 0 Å². The minimum Gasteiger partial charge on any atom is -0.367 e. The Balaban J connectivity index is 1.80. The van der Waals surface area contributed by atoms with Crippen molar-refractivity contribution in [2.24, 2.45) is 11.3 Å². The summed E-state index contributed by atoms with van der Waals surface area (Å²) in [5.41, 5.74) is 1.35. The molecule has 1 aliphatic rings. The van der Waals surface area contributed by atoms with E-state index in [1.165, 1.54) is 0 Å². The first-order chi connectivity index (χ1) is 6.59. The number of hydrogen-bond acceptors (Lipinski definition) is 1. The number of carbonyl (C=O) groups is 1. The summed E-state index contributed by atoms with van der Waals surface area (Å²) in [6.45, 7) is 4.90. The number of nitrogens with one attached hydrogen (secondary N) is 2. The predicted molar refractivity (Wildman–Crippen MR) is 54.5 cm³/mol. The predicted octanol–water partition coefficient (Wildman–Crippen LogP) is 1.68. The van der Waals surface area contributed by atoms with Crippen LogP contribution in [0.2, 0.25) is 0 Å². The zero-order chi connectivity index (χ0) is 10.2. The van der Waals surface area contributed by atoms with Crippen LogP contribution in [-0.4, -0.2) is 10.9 Å². The van der Waals surface area contributed by atoms with E-state index in [-0.39, 0.29) is 17.2 Å². The third kappa shape index (κ3) is 1.81. The Morgan fingerprint density at radius 2 is 2.43 bits per heavy atom. The van der Waals surface area contributed by atoms with Crippen LogP contribution >= 0.6 is 0 Å². The molecule has 1 aromatic heterocycles. The van der Waals surface area contributed by atoms with E-state index >= 15 is 0 Å². The molecule has 0 spiro atoms. The summed E-state index contributed by atoms with van der Waals surface area (Å²) >= 11 is 0. The first kappa shape index (κ1) is 9.31. The molecule has 3 heteroatoms. The minimum absolute atomic E-state index is 0.191. The first-order valence-corrected chi connectivity index (χ1v) is 4.99. The smallest absolute Gasteiger partial charge is 0.223 e. The van der Waals surface area contributed by atoms with Crippen molar-refractivity contribution in [3.05, 3.63) is 24.0 Å². The maximum atomic E-state index is 11.6. The lowest BCUT2D eigenvalue weighted by atomic mass is 10.1. The summed E-state index contributed by atoms with van der Waals surface area (Å²) in [6.07, 6.45) is 4.78. The van der Waals surface area contributed by atoms with Gasteiger partial charge in [-0.25, -0.2) is 0 Å². The highest BCUT2D eigenvalue weighted by molar-refractivity contribution is 5.82. The molecule has 3 nitrogen and oxygen atoms in total. The molecule has 1 aliphatic carbocycles. The summed E-state index contributed by atoms with van der Waals surface area (Å²) in [4.78, 5) is 14.6. The average Bonchev–Trinajstić information content (AvgIpc) is 2.61. The van der Waals surface area contributed by atoms with E-state index in [2.05, 4.69) is 24.1 Å². The SMILES string of the molecule is CC1(C)CC1C(=O)NCc1cc[nH]c1. The number of aromatic nitrogens is 1. The fourth-order valence-electron chi connectivity index (χ4n) is 1.70. The van der Waals surface area contributed by atoms with Crippen LogP contribution in [0.15, 0.2) is 18.5 Å². The summed E-state index contributed by atoms with van der Waals surface area (Å²) < 4.78 is 0. The van der Waals surface area contributed by atoms with Gasteiger partial charge in [0, 0.05) is 24.9 Å². The highest BCUT2D eigenvalue weighted by Gasteiger charge is 2.50. The summed E-state index contributed by atoms with van der Waals surface area (Å²) in [6, 6.07) is 1.97. The van der Waals surface area contributed by atoms with Crippen molar-refractivity contribution >= 4 is 5.91 Å². The van der Waals surface area contributed by atoms with Gasteiger partial charge in [-0.2, -0.15) is 0 Å². The van der Waals surface area contributed by atoms with Gasteiger partial charge < -0.3 is 10.3 Å². The van der Waals surface area contributed by atoms with E-state index in [1.54, 1.807) is 0 Å². The van der Waals surface area contributed by atoms with Crippen LogP contribution < -0.4 is 5.32 Å². The van der Waals surface area contributed by atoms with Gasteiger partial charge in [0.2, 0.25) is 5.91 Å². The number of rotatable bonds is 3. The third-order valence-electron chi connectivity index (χ3n) is 2.96. The largest absolute Gasteiger partial charge is 0.367 e.